The Hall–Kier alpha value is -3.06. The summed E-state index contributed by atoms with van der Waals surface area (Å²) in [6.45, 7) is 2.57. The molecule has 0 unspecified atom stereocenters. The zero-order chi connectivity index (χ0) is 18.8. The number of hydrogen-bond donors (Lipinski definition) is 2. The van der Waals surface area contributed by atoms with Crippen molar-refractivity contribution in [2.75, 3.05) is 12.3 Å². The summed E-state index contributed by atoms with van der Waals surface area (Å²) in [5.74, 6) is 0.508. The fraction of sp³-hybridized carbons (Fsp3) is 0.150. The van der Waals surface area contributed by atoms with Gasteiger partial charge in [-0.3, -0.25) is 9.59 Å². The molecule has 6 nitrogen and oxygen atoms in total. The number of hydrogen-bond acceptors (Lipinski definition) is 4. The van der Waals surface area contributed by atoms with Gasteiger partial charge in [0, 0.05) is 17.2 Å². The minimum absolute atomic E-state index is 0.234. The van der Waals surface area contributed by atoms with E-state index in [4.69, 9.17) is 0 Å². The minimum Gasteiger partial charge on any atom is -0.351 e. The van der Waals surface area contributed by atoms with Gasteiger partial charge in [-0.1, -0.05) is 29.8 Å². The van der Waals surface area contributed by atoms with Gasteiger partial charge < -0.3 is 10.3 Å². The van der Waals surface area contributed by atoms with Gasteiger partial charge in [0.2, 0.25) is 0 Å². The summed E-state index contributed by atoms with van der Waals surface area (Å²) >= 11 is 1.68. The predicted octanol–water partition coefficient (Wildman–Crippen LogP) is 3.01. The Morgan fingerprint density at radius 3 is 2.78 bits per heavy atom. The van der Waals surface area contributed by atoms with Gasteiger partial charge in [0.15, 0.2) is 0 Å². The lowest BCUT2D eigenvalue weighted by Crippen LogP contribution is -2.26. The van der Waals surface area contributed by atoms with Gasteiger partial charge in [-0.25, -0.2) is 4.52 Å². The van der Waals surface area contributed by atoms with Crippen LogP contribution in [-0.4, -0.2) is 32.8 Å². The number of fused-ring (bicyclic) bond motifs is 3. The van der Waals surface area contributed by atoms with Crippen molar-refractivity contribution in [3.63, 3.8) is 0 Å². The number of aryl methyl sites for hydroxylation is 1. The highest BCUT2D eigenvalue weighted by Crippen LogP contribution is 2.18. The van der Waals surface area contributed by atoms with E-state index in [1.54, 1.807) is 28.4 Å². The number of benzene rings is 2. The molecule has 27 heavy (non-hydrogen) atoms. The molecule has 136 valence electrons. The van der Waals surface area contributed by atoms with Crippen molar-refractivity contribution < 1.29 is 4.79 Å². The van der Waals surface area contributed by atoms with Crippen LogP contribution in [0.2, 0.25) is 0 Å². The second kappa shape index (κ2) is 7.28. The Kier molecular flexibility index (Phi) is 4.68. The van der Waals surface area contributed by atoms with Crippen LogP contribution in [0.3, 0.4) is 0 Å². The number of nitrogens with one attached hydrogen (secondary N) is 2. The van der Waals surface area contributed by atoms with Gasteiger partial charge in [0.25, 0.3) is 11.5 Å². The third kappa shape index (κ3) is 3.46. The Morgan fingerprint density at radius 2 is 1.96 bits per heavy atom. The van der Waals surface area contributed by atoms with E-state index < -0.39 is 0 Å². The first-order valence-electron chi connectivity index (χ1n) is 8.60. The Labute approximate surface area is 159 Å². The molecule has 2 heterocycles. The Bertz CT molecular complexity index is 1180. The van der Waals surface area contributed by atoms with Crippen LogP contribution in [0.5, 0.6) is 0 Å². The van der Waals surface area contributed by atoms with Crippen LogP contribution in [0, 0.1) is 6.92 Å². The number of aromatic amines is 1. The SMILES string of the molecule is Cc1ccc(SCCNC(=O)c2cnn3c2[nH]c(=O)c2ccccc23)cc1. The van der Waals surface area contributed by atoms with Crippen molar-refractivity contribution in [1.29, 1.82) is 0 Å². The van der Waals surface area contributed by atoms with Crippen LogP contribution >= 0.6 is 11.8 Å². The van der Waals surface area contributed by atoms with Gasteiger partial charge in [0.05, 0.1) is 17.1 Å². The summed E-state index contributed by atoms with van der Waals surface area (Å²) in [5.41, 5.74) is 2.43. The minimum atomic E-state index is -0.250. The quantitative estimate of drug-likeness (QED) is 0.413. The van der Waals surface area contributed by atoms with Crippen LogP contribution in [0.4, 0.5) is 0 Å². The third-order valence-corrected chi connectivity index (χ3v) is 5.31. The molecule has 4 aromatic rings. The van der Waals surface area contributed by atoms with Crippen molar-refractivity contribution in [2.45, 2.75) is 11.8 Å². The largest absolute Gasteiger partial charge is 0.351 e. The first-order valence-corrected chi connectivity index (χ1v) is 9.58. The number of amides is 1. The zero-order valence-corrected chi connectivity index (χ0v) is 15.5. The van der Waals surface area contributed by atoms with E-state index in [1.165, 1.54) is 16.7 Å². The monoisotopic (exact) mass is 378 g/mol. The van der Waals surface area contributed by atoms with E-state index in [0.717, 1.165) is 5.75 Å². The number of carbonyl (C=O) groups is 1. The highest BCUT2D eigenvalue weighted by atomic mass is 32.2. The lowest BCUT2D eigenvalue weighted by molar-refractivity contribution is 0.0957. The average Bonchev–Trinajstić information content (AvgIpc) is 3.11. The first kappa shape index (κ1) is 17.4. The molecule has 0 saturated heterocycles. The molecule has 0 aliphatic rings. The molecule has 0 bridgehead atoms. The number of nitrogens with zero attached hydrogens (tertiary/aromatic N) is 2. The summed E-state index contributed by atoms with van der Waals surface area (Å²) in [7, 11) is 0. The number of aromatic nitrogens is 3. The molecule has 0 spiro atoms. The van der Waals surface area contributed by atoms with E-state index in [-0.39, 0.29) is 11.5 Å². The van der Waals surface area contributed by atoms with Gasteiger partial charge in [-0.2, -0.15) is 5.10 Å². The summed E-state index contributed by atoms with van der Waals surface area (Å²) in [6.07, 6.45) is 1.49. The van der Waals surface area contributed by atoms with Crippen LogP contribution in [0.25, 0.3) is 16.6 Å². The lowest BCUT2D eigenvalue weighted by Gasteiger charge is -2.05. The number of para-hydroxylation sites is 1. The average molecular weight is 378 g/mol. The summed E-state index contributed by atoms with van der Waals surface area (Å²) in [5, 5.41) is 7.70. The smallest absolute Gasteiger partial charge is 0.259 e. The fourth-order valence-electron chi connectivity index (χ4n) is 2.91. The molecular formula is C20H18N4O2S. The molecule has 4 rings (SSSR count). The maximum Gasteiger partial charge on any atom is 0.259 e. The number of thioether (sulfide) groups is 1. The highest BCUT2D eigenvalue weighted by molar-refractivity contribution is 7.99. The first-order chi connectivity index (χ1) is 13.1. The summed E-state index contributed by atoms with van der Waals surface area (Å²) in [4.78, 5) is 28.7. The van der Waals surface area contributed by atoms with Crippen LogP contribution in [0.15, 0.2) is 64.4 Å². The molecule has 0 fully saturated rings. The molecule has 2 aromatic carbocycles. The van der Waals surface area contributed by atoms with Crippen molar-refractivity contribution in [3.8, 4) is 0 Å². The predicted molar refractivity (Wildman–Crippen MR) is 108 cm³/mol. The highest BCUT2D eigenvalue weighted by Gasteiger charge is 2.15. The molecule has 0 aliphatic carbocycles. The van der Waals surface area contributed by atoms with E-state index >= 15 is 0 Å². The van der Waals surface area contributed by atoms with E-state index in [9.17, 15) is 9.59 Å². The van der Waals surface area contributed by atoms with E-state index in [2.05, 4.69) is 46.6 Å². The van der Waals surface area contributed by atoms with Crippen molar-refractivity contribution in [3.05, 3.63) is 76.2 Å². The van der Waals surface area contributed by atoms with Crippen LogP contribution < -0.4 is 10.9 Å². The van der Waals surface area contributed by atoms with Crippen molar-refractivity contribution in [1.82, 2.24) is 19.9 Å². The van der Waals surface area contributed by atoms with Gasteiger partial charge >= 0.3 is 0 Å². The number of carbonyl (C=O) groups excluding carboxylic acids is 1. The maximum absolute atomic E-state index is 12.5. The summed E-state index contributed by atoms with van der Waals surface area (Å²) in [6, 6.07) is 15.5. The van der Waals surface area contributed by atoms with Crippen molar-refractivity contribution >= 4 is 34.2 Å². The molecular weight excluding hydrogens is 360 g/mol. The number of H-pyrrole nitrogens is 1. The summed E-state index contributed by atoms with van der Waals surface area (Å²) < 4.78 is 1.59. The van der Waals surface area contributed by atoms with Crippen LogP contribution in [-0.2, 0) is 0 Å². The van der Waals surface area contributed by atoms with Gasteiger partial charge in [0.1, 0.15) is 11.2 Å². The third-order valence-electron chi connectivity index (χ3n) is 4.30. The lowest BCUT2D eigenvalue weighted by atomic mass is 10.2. The molecule has 0 radical (unpaired) electrons. The molecule has 0 aliphatic heterocycles. The van der Waals surface area contributed by atoms with Gasteiger partial charge in [-0.15, -0.1) is 11.8 Å². The molecule has 0 atom stereocenters. The zero-order valence-electron chi connectivity index (χ0n) is 14.7. The maximum atomic E-state index is 12.5. The molecule has 1 amide bonds. The van der Waals surface area contributed by atoms with Crippen LogP contribution in [0.1, 0.15) is 15.9 Å². The molecule has 0 saturated carbocycles. The standard InChI is InChI=1S/C20H18N4O2S/c1-13-6-8-14(9-7-13)27-11-10-21-19(25)16-12-22-24-17-5-3-2-4-15(17)20(26)23-18(16)24/h2-9,12H,10-11H2,1H3,(H,21,25)(H,23,26). The Balaban J connectivity index is 1.48. The fourth-order valence-corrected chi connectivity index (χ4v) is 3.67. The van der Waals surface area contributed by atoms with E-state index in [0.29, 0.717) is 28.7 Å². The molecule has 7 heteroatoms. The molecule has 2 N–H and O–H groups in total. The van der Waals surface area contributed by atoms with Gasteiger partial charge in [-0.05, 0) is 31.2 Å². The second-order valence-electron chi connectivity index (χ2n) is 6.21. The number of rotatable bonds is 5. The second-order valence-corrected chi connectivity index (χ2v) is 7.38. The Morgan fingerprint density at radius 1 is 1.19 bits per heavy atom. The topological polar surface area (TPSA) is 79.3 Å². The van der Waals surface area contributed by atoms with E-state index in [1.807, 2.05) is 12.1 Å². The molecule has 2 aromatic heterocycles. The van der Waals surface area contributed by atoms with Crippen molar-refractivity contribution in [2.24, 2.45) is 0 Å². The normalized spacial score (nSPS) is 11.1.